The van der Waals surface area contributed by atoms with Crippen molar-refractivity contribution in [1.82, 2.24) is 20.2 Å². The van der Waals surface area contributed by atoms with Crippen LogP contribution in [-0.4, -0.2) is 33.8 Å². The van der Waals surface area contributed by atoms with Gasteiger partial charge in [-0.15, -0.1) is 0 Å². The summed E-state index contributed by atoms with van der Waals surface area (Å²) in [6.45, 7) is 1.79. The Balaban J connectivity index is 1.63. The Bertz CT molecular complexity index is 776. The van der Waals surface area contributed by atoms with Gasteiger partial charge in [0.15, 0.2) is 5.69 Å². The van der Waals surface area contributed by atoms with Crippen LogP contribution in [0.3, 0.4) is 0 Å². The molecule has 6 heteroatoms. The molecule has 1 aromatic carbocycles. The molecular formula is C20H25FN4O. The van der Waals surface area contributed by atoms with E-state index in [4.69, 9.17) is 0 Å². The standard InChI is InChI=1S/C20H25FN4O/c21-15-9-11-16(12-10-15)25-18-8-4-3-7-17(18)19(22-25)20(26)23-24-13-5-1-2-6-14-24/h9-12H,1-8,13-14H2,(H,23,26). The quantitative estimate of drug-likeness (QED) is 0.917. The molecule has 0 saturated carbocycles. The van der Waals surface area contributed by atoms with Crippen LogP contribution in [0.2, 0.25) is 0 Å². The molecule has 2 aromatic rings. The lowest BCUT2D eigenvalue weighted by atomic mass is 9.95. The Hall–Kier alpha value is -2.21. The molecule has 0 unspecified atom stereocenters. The van der Waals surface area contributed by atoms with Crippen molar-refractivity contribution in [2.45, 2.75) is 51.4 Å². The number of benzene rings is 1. The first-order chi connectivity index (χ1) is 12.7. The molecule has 4 rings (SSSR count). The van der Waals surface area contributed by atoms with Gasteiger partial charge in [-0.25, -0.2) is 14.1 Å². The summed E-state index contributed by atoms with van der Waals surface area (Å²) in [5, 5.41) is 6.67. The Morgan fingerprint density at radius 3 is 2.38 bits per heavy atom. The lowest BCUT2D eigenvalue weighted by Crippen LogP contribution is -2.43. The summed E-state index contributed by atoms with van der Waals surface area (Å²) >= 11 is 0. The van der Waals surface area contributed by atoms with Crippen molar-refractivity contribution in [3.63, 3.8) is 0 Å². The van der Waals surface area contributed by atoms with E-state index in [1.807, 2.05) is 9.69 Å². The first kappa shape index (κ1) is 17.2. The van der Waals surface area contributed by atoms with Gasteiger partial charge in [-0.1, -0.05) is 12.8 Å². The van der Waals surface area contributed by atoms with E-state index < -0.39 is 0 Å². The zero-order valence-electron chi connectivity index (χ0n) is 15.0. The number of aromatic nitrogens is 2. The van der Waals surface area contributed by atoms with Crippen molar-refractivity contribution in [3.8, 4) is 5.69 Å². The van der Waals surface area contributed by atoms with Crippen LogP contribution < -0.4 is 5.43 Å². The van der Waals surface area contributed by atoms with E-state index in [9.17, 15) is 9.18 Å². The second kappa shape index (κ2) is 7.58. The maximum absolute atomic E-state index is 13.3. The summed E-state index contributed by atoms with van der Waals surface area (Å²) in [7, 11) is 0. The van der Waals surface area contributed by atoms with Gasteiger partial charge < -0.3 is 0 Å². The van der Waals surface area contributed by atoms with Crippen molar-refractivity contribution in [1.29, 1.82) is 0 Å². The highest BCUT2D eigenvalue weighted by atomic mass is 19.1. The predicted octanol–water partition coefficient (Wildman–Crippen LogP) is 3.41. The molecule has 2 aliphatic rings. The van der Waals surface area contributed by atoms with Gasteiger partial charge in [0.2, 0.25) is 0 Å². The molecule has 0 spiro atoms. The monoisotopic (exact) mass is 356 g/mol. The van der Waals surface area contributed by atoms with Gasteiger partial charge in [0, 0.05) is 24.3 Å². The minimum absolute atomic E-state index is 0.120. The van der Waals surface area contributed by atoms with Crippen molar-refractivity contribution in [2.75, 3.05) is 13.1 Å². The van der Waals surface area contributed by atoms with Crippen molar-refractivity contribution < 1.29 is 9.18 Å². The van der Waals surface area contributed by atoms with Crippen LogP contribution in [0.1, 0.15) is 60.3 Å². The first-order valence-corrected chi connectivity index (χ1v) is 9.65. The number of carbonyl (C=O) groups excluding carboxylic acids is 1. The number of hydrogen-bond acceptors (Lipinski definition) is 3. The SMILES string of the molecule is O=C(NN1CCCCCC1)c1nn(-c2ccc(F)cc2)c2c1CCCC2. The maximum Gasteiger partial charge on any atom is 0.286 e. The summed E-state index contributed by atoms with van der Waals surface area (Å²) < 4.78 is 15.1. The third-order valence-corrected chi connectivity index (χ3v) is 5.33. The van der Waals surface area contributed by atoms with Crippen LogP contribution in [0.5, 0.6) is 0 Å². The highest BCUT2D eigenvalue weighted by molar-refractivity contribution is 5.93. The smallest absolute Gasteiger partial charge is 0.283 e. The minimum atomic E-state index is -0.270. The zero-order valence-corrected chi connectivity index (χ0v) is 15.0. The molecule has 1 saturated heterocycles. The zero-order chi connectivity index (χ0) is 17.9. The number of hydrazine groups is 1. The van der Waals surface area contributed by atoms with Crippen LogP contribution in [-0.2, 0) is 12.8 Å². The van der Waals surface area contributed by atoms with E-state index in [1.165, 1.54) is 25.0 Å². The highest BCUT2D eigenvalue weighted by Crippen LogP contribution is 2.27. The molecule has 0 atom stereocenters. The molecular weight excluding hydrogens is 331 g/mol. The van der Waals surface area contributed by atoms with Gasteiger partial charge in [0.25, 0.3) is 5.91 Å². The molecule has 0 bridgehead atoms. The lowest BCUT2D eigenvalue weighted by Gasteiger charge is -2.20. The van der Waals surface area contributed by atoms with Crippen LogP contribution in [0.15, 0.2) is 24.3 Å². The molecule has 1 fully saturated rings. The van der Waals surface area contributed by atoms with Gasteiger partial charge in [0.05, 0.1) is 5.69 Å². The molecule has 1 aromatic heterocycles. The fourth-order valence-electron chi connectivity index (χ4n) is 3.96. The highest BCUT2D eigenvalue weighted by Gasteiger charge is 2.26. The summed E-state index contributed by atoms with van der Waals surface area (Å²) in [6, 6.07) is 6.30. The van der Waals surface area contributed by atoms with E-state index in [0.29, 0.717) is 5.69 Å². The topological polar surface area (TPSA) is 50.2 Å². The molecule has 1 aliphatic carbocycles. The van der Waals surface area contributed by atoms with E-state index in [2.05, 4.69) is 10.5 Å². The largest absolute Gasteiger partial charge is 0.286 e. The van der Waals surface area contributed by atoms with E-state index in [0.717, 1.165) is 68.6 Å². The molecule has 26 heavy (non-hydrogen) atoms. The van der Waals surface area contributed by atoms with E-state index in [-0.39, 0.29) is 11.7 Å². The number of fused-ring (bicyclic) bond motifs is 1. The van der Waals surface area contributed by atoms with Gasteiger partial charge in [-0.2, -0.15) is 5.10 Å². The average Bonchev–Trinajstić information content (AvgIpc) is 2.85. The second-order valence-electron chi connectivity index (χ2n) is 7.21. The minimum Gasteiger partial charge on any atom is -0.283 e. The molecule has 1 aliphatic heterocycles. The van der Waals surface area contributed by atoms with E-state index in [1.54, 1.807) is 12.1 Å². The van der Waals surface area contributed by atoms with Gasteiger partial charge in [-0.3, -0.25) is 10.2 Å². The van der Waals surface area contributed by atoms with Gasteiger partial charge >= 0.3 is 0 Å². The summed E-state index contributed by atoms with van der Waals surface area (Å²) in [6.07, 6.45) is 8.61. The van der Waals surface area contributed by atoms with Crippen LogP contribution in [0.25, 0.3) is 5.69 Å². The number of amides is 1. The molecule has 5 nitrogen and oxygen atoms in total. The Morgan fingerprint density at radius 2 is 1.65 bits per heavy atom. The van der Waals surface area contributed by atoms with Crippen molar-refractivity contribution >= 4 is 5.91 Å². The molecule has 0 radical (unpaired) electrons. The number of halogens is 1. The first-order valence-electron chi connectivity index (χ1n) is 9.65. The summed E-state index contributed by atoms with van der Waals surface area (Å²) in [5.41, 5.74) is 6.52. The lowest BCUT2D eigenvalue weighted by molar-refractivity contribution is 0.0787. The third kappa shape index (κ3) is 3.51. The second-order valence-corrected chi connectivity index (χ2v) is 7.21. The Morgan fingerprint density at radius 1 is 0.962 bits per heavy atom. The van der Waals surface area contributed by atoms with Crippen LogP contribution >= 0.6 is 0 Å². The van der Waals surface area contributed by atoms with Gasteiger partial charge in [0.1, 0.15) is 5.82 Å². The van der Waals surface area contributed by atoms with Crippen LogP contribution in [0.4, 0.5) is 4.39 Å². The fourth-order valence-corrected chi connectivity index (χ4v) is 3.96. The number of nitrogens with zero attached hydrogens (tertiary/aromatic N) is 3. The molecule has 1 amide bonds. The predicted molar refractivity (Wildman–Crippen MR) is 97.7 cm³/mol. The number of carbonyl (C=O) groups is 1. The molecule has 1 N–H and O–H groups in total. The number of hydrogen-bond donors (Lipinski definition) is 1. The Kier molecular flexibility index (Phi) is 5.02. The molecule has 138 valence electrons. The fraction of sp³-hybridized carbons (Fsp3) is 0.500. The van der Waals surface area contributed by atoms with Crippen molar-refractivity contribution in [2.24, 2.45) is 0 Å². The van der Waals surface area contributed by atoms with Crippen molar-refractivity contribution in [3.05, 3.63) is 47.0 Å². The summed E-state index contributed by atoms with van der Waals surface area (Å²) in [5.74, 6) is -0.389. The average molecular weight is 356 g/mol. The van der Waals surface area contributed by atoms with E-state index >= 15 is 0 Å². The maximum atomic E-state index is 13.3. The summed E-state index contributed by atoms with van der Waals surface area (Å²) in [4.78, 5) is 12.9. The molecule has 2 heterocycles. The number of rotatable bonds is 3. The Labute approximate surface area is 153 Å². The van der Waals surface area contributed by atoms with Gasteiger partial charge in [-0.05, 0) is 62.8 Å². The third-order valence-electron chi connectivity index (χ3n) is 5.33. The van der Waals surface area contributed by atoms with Crippen LogP contribution in [0, 0.1) is 5.82 Å². The number of nitrogens with one attached hydrogen (secondary N) is 1. The normalized spacial score (nSPS) is 18.2.